The summed E-state index contributed by atoms with van der Waals surface area (Å²) in [5, 5.41) is 0. The molecule has 1 aromatic rings. The Morgan fingerprint density at radius 1 is 0.556 bits per heavy atom. The number of aromatic nitrogens is 2. The van der Waals surface area contributed by atoms with E-state index in [-0.39, 0.29) is 5.54 Å². The van der Waals surface area contributed by atoms with Crippen molar-refractivity contribution in [1.29, 1.82) is 0 Å². The Balaban J connectivity index is 2.20. The van der Waals surface area contributed by atoms with E-state index in [0.717, 1.165) is 5.92 Å². The van der Waals surface area contributed by atoms with E-state index in [2.05, 4.69) is 49.8 Å². The van der Waals surface area contributed by atoms with Gasteiger partial charge in [0.15, 0.2) is 0 Å². The number of hydrogen-bond acceptors (Lipinski definition) is 1. The van der Waals surface area contributed by atoms with Crippen LogP contribution in [0, 0.1) is 5.92 Å². The van der Waals surface area contributed by atoms with Crippen LogP contribution >= 0.6 is 0 Å². The third kappa shape index (κ3) is 15.5. The quantitative estimate of drug-likeness (QED) is 0.109. The number of rotatable bonds is 27. The van der Waals surface area contributed by atoms with E-state index in [9.17, 15) is 0 Å². The van der Waals surface area contributed by atoms with Gasteiger partial charge in [0.05, 0.1) is 6.33 Å². The van der Waals surface area contributed by atoms with Gasteiger partial charge in [-0.15, -0.1) is 0 Å². The smallest absolute Gasteiger partial charge is 0.0951 e. The molecule has 0 saturated heterocycles. The van der Waals surface area contributed by atoms with E-state index in [1.54, 1.807) is 0 Å². The summed E-state index contributed by atoms with van der Waals surface area (Å²) in [6.07, 6.45) is 41.8. The van der Waals surface area contributed by atoms with E-state index in [1.165, 1.54) is 161 Å². The molecule has 2 unspecified atom stereocenters. The normalized spacial score (nSPS) is 14.2. The van der Waals surface area contributed by atoms with Crippen molar-refractivity contribution in [2.24, 2.45) is 5.92 Å². The Labute approximate surface area is 227 Å². The fourth-order valence-electron chi connectivity index (χ4n) is 6.12. The highest BCUT2D eigenvalue weighted by Crippen LogP contribution is 2.37. The molecule has 2 nitrogen and oxygen atoms in total. The van der Waals surface area contributed by atoms with Gasteiger partial charge in [0.25, 0.3) is 0 Å². The van der Waals surface area contributed by atoms with Crippen molar-refractivity contribution in [3.8, 4) is 0 Å². The van der Waals surface area contributed by atoms with Gasteiger partial charge in [-0.25, -0.2) is 4.98 Å². The lowest BCUT2D eigenvalue weighted by molar-refractivity contribution is 0.153. The van der Waals surface area contributed by atoms with Gasteiger partial charge in [0.2, 0.25) is 0 Å². The summed E-state index contributed by atoms with van der Waals surface area (Å²) in [6, 6.07) is 0. The molecule has 212 valence electrons. The summed E-state index contributed by atoms with van der Waals surface area (Å²) in [5.74, 6) is 0.773. The van der Waals surface area contributed by atoms with Crippen LogP contribution in [-0.4, -0.2) is 9.55 Å². The fraction of sp³-hybridized carbons (Fsp3) is 0.912. The molecule has 2 atom stereocenters. The molecule has 0 spiro atoms. The minimum Gasteiger partial charge on any atom is -0.331 e. The zero-order valence-corrected chi connectivity index (χ0v) is 25.4. The van der Waals surface area contributed by atoms with Crippen molar-refractivity contribution in [2.75, 3.05) is 0 Å². The highest BCUT2D eigenvalue weighted by atomic mass is 15.1. The van der Waals surface area contributed by atoms with Crippen LogP contribution in [-0.2, 0) is 5.54 Å². The van der Waals surface area contributed by atoms with E-state index < -0.39 is 0 Å². The van der Waals surface area contributed by atoms with Crippen molar-refractivity contribution < 1.29 is 0 Å². The van der Waals surface area contributed by atoms with Gasteiger partial charge in [-0.05, 0) is 32.1 Å². The standard InChI is InChI=1S/C34H66N2/c1-5-8-10-12-14-15-16-17-18-19-20-21-23-25-27-29-33(28-26-24-22-13-11-9-6-2)34(4,7-3)36-31-30-35-32-36/h30-33H,5-29H2,1-4H3. The molecule has 1 rings (SSSR count). The van der Waals surface area contributed by atoms with Gasteiger partial charge < -0.3 is 4.57 Å². The van der Waals surface area contributed by atoms with Gasteiger partial charge in [-0.2, -0.15) is 0 Å². The van der Waals surface area contributed by atoms with E-state index in [0.29, 0.717) is 0 Å². The Hall–Kier alpha value is -0.790. The Kier molecular flexibility index (Phi) is 21.5. The summed E-state index contributed by atoms with van der Waals surface area (Å²) in [5.41, 5.74) is 0.217. The van der Waals surface area contributed by atoms with Crippen LogP contribution in [0.1, 0.15) is 188 Å². The fourth-order valence-corrected chi connectivity index (χ4v) is 6.12. The molecule has 0 fully saturated rings. The maximum atomic E-state index is 4.40. The van der Waals surface area contributed by atoms with Crippen LogP contribution in [0.3, 0.4) is 0 Å². The van der Waals surface area contributed by atoms with E-state index in [4.69, 9.17) is 0 Å². The molecule has 36 heavy (non-hydrogen) atoms. The number of imidazole rings is 1. The molecule has 0 radical (unpaired) electrons. The summed E-state index contributed by atoms with van der Waals surface area (Å²) in [6.45, 7) is 9.49. The van der Waals surface area contributed by atoms with Crippen molar-refractivity contribution in [3.63, 3.8) is 0 Å². The lowest BCUT2D eigenvalue weighted by Gasteiger charge is -2.39. The van der Waals surface area contributed by atoms with E-state index in [1.807, 2.05) is 6.20 Å². The topological polar surface area (TPSA) is 17.8 Å². The largest absolute Gasteiger partial charge is 0.331 e. The molecule has 0 aliphatic rings. The third-order valence-electron chi connectivity index (χ3n) is 9.00. The molecule has 0 bridgehead atoms. The first-order valence-corrected chi connectivity index (χ1v) is 16.7. The summed E-state index contributed by atoms with van der Waals surface area (Å²) in [7, 11) is 0. The van der Waals surface area contributed by atoms with Crippen LogP contribution in [0.4, 0.5) is 0 Å². The van der Waals surface area contributed by atoms with Crippen LogP contribution in [0.25, 0.3) is 0 Å². The third-order valence-corrected chi connectivity index (χ3v) is 9.00. The summed E-state index contributed by atoms with van der Waals surface area (Å²) >= 11 is 0. The molecule has 0 aliphatic heterocycles. The second-order valence-electron chi connectivity index (χ2n) is 12.0. The van der Waals surface area contributed by atoms with Gasteiger partial charge in [0.1, 0.15) is 0 Å². The first-order chi connectivity index (χ1) is 17.7. The number of hydrogen-bond donors (Lipinski definition) is 0. The molecular weight excluding hydrogens is 436 g/mol. The summed E-state index contributed by atoms with van der Waals surface area (Å²) < 4.78 is 2.42. The predicted molar refractivity (Wildman–Crippen MR) is 162 cm³/mol. The Bertz CT molecular complexity index is 552. The van der Waals surface area contributed by atoms with Crippen molar-refractivity contribution >= 4 is 0 Å². The minimum atomic E-state index is 0.217. The predicted octanol–water partition coefficient (Wildman–Crippen LogP) is 12.0. The average molecular weight is 503 g/mol. The molecule has 1 heterocycles. The minimum absolute atomic E-state index is 0.217. The second-order valence-corrected chi connectivity index (χ2v) is 12.0. The SMILES string of the molecule is CCCCCCCCCCCCCCCCCC(CCCCCCCCC)C(C)(CC)n1ccnc1. The van der Waals surface area contributed by atoms with Crippen molar-refractivity contribution in [1.82, 2.24) is 9.55 Å². The van der Waals surface area contributed by atoms with Crippen LogP contribution < -0.4 is 0 Å². The van der Waals surface area contributed by atoms with Gasteiger partial charge in [0, 0.05) is 17.9 Å². The zero-order chi connectivity index (χ0) is 26.2. The van der Waals surface area contributed by atoms with E-state index >= 15 is 0 Å². The molecule has 0 aliphatic carbocycles. The molecule has 0 amide bonds. The zero-order valence-electron chi connectivity index (χ0n) is 25.4. The van der Waals surface area contributed by atoms with Crippen LogP contribution in [0.2, 0.25) is 0 Å². The van der Waals surface area contributed by atoms with Gasteiger partial charge in [-0.1, -0.05) is 162 Å². The van der Waals surface area contributed by atoms with Gasteiger partial charge in [-0.3, -0.25) is 0 Å². The number of unbranched alkanes of at least 4 members (excludes halogenated alkanes) is 20. The second kappa shape index (κ2) is 23.3. The molecule has 0 saturated carbocycles. The van der Waals surface area contributed by atoms with Crippen LogP contribution in [0.5, 0.6) is 0 Å². The highest BCUT2D eigenvalue weighted by molar-refractivity contribution is 4.93. The maximum Gasteiger partial charge on any atom is 0.0951 e. The van der Waals surface area contributed by atoms with Gasteiger partial charge >= 0.3 is 0 Å². The monoisotopic (exact) mass is 503 g/mol. The summed E-state index contributed by atoms with van der Waals surface area (Å²) in [4.78, 5) is 4.40. The number of nitrogens with zero attached hydrogens (tertiary/aromatic N) is 2. The average Bonchev–Trinajstić information content (AvgIpc) is 3.44. The molecule has 2 heteroatoms. The molecule has 0 N–H and O–H groups in total. The van der Waals surface area contributed by atoms with Crippen molar-refractivity contribution in [2.45, 2.75) is 194 Å². The highest BCUT2D eigenvalue weighted by Gasteiger charge is 2.33. The molecule has 0 aromatic carbocycles. The first kappa shape index (κ1) is 33.2. The molecular formula is C34H66N2. The lowest BCUT2D eigenvalue weighted by atomic mass is 9.76. The Morgan fingerprint density at radius 2 is 0.917 bits per heavy atom. The van der Waals surface area contributed by atoms with Crippen molar-refractivity contribution in [3.05, 3.63) is 18.7 Å². The maximum absolute atomic E-state index is 4.40. The molecule has 1 aromatic heterocycles. The lowest BCUT2D eigenvalue weighted by Crippen LogP contribution is -2.37. The Morgan fingerprint density at radius 3 is 1.22 bits per heavy atom. The van der Waals surface area contributed by atoms with Crippen LogP contribution in [0.15, 0.2) is 18.7 Å². The first-order valence-electron chi connectivity index (χ1n) is 16.7.